The van der Waals surface area contributed by atoms with Gasteiger partial charge in [-0.25, -0.2) is 12.8 Å². The Hall–Kier alpha value is -1.50. The predicted molar refractivity (Wildman–Crippen MR) is 78.1 cm³/mol. The van der Waals surface area contributed by atoms with E-state index < -0.39 is 15.8 Å². The smallest absolute Gasteiger partial charge is 0.261 e. The fraction of sp³-hybridized carbons (Fsp3) is 0. The molecule has 106 valence electrons. The van der Waals surface area contributed by atoms with Crippen LogP contribution >= 0.6 is 23.2 Å². The Morgan fingerprint density at radius 1 is 1.05 bits per heavy atom. The summed E-state index contributed by atoms with van der Waals surface area (Å²) in [5.41, 5.74) is 5.39. The summed E-state index contributed by atoms with van der Waals surface area (Å²) in [6.07, 6.45) is 0. The van der Waals surface area contributed by atoms with E-state index in [-0.39, 0.29) is 21.3 Å². The average molecular weight is 335 g/mol. The number of nitrogen functional groups attached to an aromatic ring is 1. The molecular formula is C12H9Cl2FN2O2S. The molecule has 0 spiro atoms. The maximum Gasteiger partial charge on any atom is 0.261 e. The summed E-state index contributed by atoms with van der Waals surface area (Å²) in [7, 11) is -3.93. The van der Waals surface area contributed by atoms with Crippen molar-refractivity contribution in [2.24, 2.45) is 0 Å². The van der Waals surface area contributed by atoms with Gasteiger partial charge in [0.25, 0.3) is 10.0 Å². The van der Waals surface area contributed by atoms with Crippen molar-refractivity contribution in [3.05, 3.63) is 52.3 Å². The Bertz CT molecular complexity index is 766. The van der Waals surface area contributed by atoms with Crippen LogP contribution in [0.5, 0.6) is 0 Å². The summed E-state index contributed by atoms with van der Waals surface area (Å²) in [6.45, 7) is 0. The number of halogens is 3. The summed E-state index contributed by atoms with van der Waals surface area (Å²) in [6, 6.07) is 7.48. The highest BCUT2D eigenvalue weighted by molar-refractivity contribution is 7.92. The van der Waals surface area contributed by atoms with Gasteiger partial charge >= 0.3 is 0 Å². The lowest BCUT2D eigenvalue weighted by atomic mass is 10.3. The van der Waals surface area contributed by atoms with Gasteiger partial charge in [-0.05, 0) is 36.4 Å². The Labute approximate surface area is 125 Å². The Kier molecular flexibility index (Phi) is 4.08. The van der Waals surface area contributed by atoms with Crippen LogP contribution in [0, 0.1) is 5.82 Å². The third kappa shape index (κ3) is 3.15. The van der Waals surface area contributed by atoms with E-state index in [1.54, 1.807) is 0 Å². The zero-order valence-corrected chi connectivity index (χ0v) is 12.2. The number of nitrogens with one attached hydrogen (secondary N) is 1. The number of hydrogen-bond donors (Lipinski definition) is 2. The van der Waals surface area contributed by atoms with Crippen molar-refractivity contribution in [3.8, 4) is 0 Å². The molecule has 3 N–H and O–H groups in total. The summed E-state index contributed by atoms with van der Waals surface area (Å²) in [5.74, 6) is -0.804. The van der Waals surface area contributed by atoms with Gasteiger partial charge in [-0.1, -0.05) is 23.2 Å². The highest BCUT2D eigenvalue weighted by Crippen LogP contribution is 2.27. The molecule has 0 fully saturated rings. The first-order chi connectivity index (χ1) is 9.29. The van der Waals surface area contributed by atoms with Gasteiger partial charge in [0.05, 0.1) is 26.3 Å². The van der Waals surface area contributed by atoms with Gasteiger partial charge < -0.3 is 5.73 Å². The van der Waals surface area contributed by atoms with Crippen molar-refractivity contribution in [2.45, 2.75) is 4.90 Å². The van der Waals surface area contributed by atoms with E-state index >= 15 is 0 Å². The molecule has 4 nitrogen and oxygen atoms in total. The van der Waals surface area contributed by atoms with Gasteiger partial charge in [-0.15, -0.1) is 0 Å². The maximum atomic E-state index is 13.3. The molecule has 0 heterocycles. The second kappa shape index (κ2) is 5.47. The van der Waals surface area contributed by atoms with E-state index in [4.69, 9.17) is 28.9 Å². The van der Waals surface area contributed by atoms with E-state index in [0.29, 0.717) is 5.02 Å². The van der Waals surface area contributed by atoms with Crippen molar-refractivity contribution in [3.63, 3.8) is 0 Å². The van der Waals surface area contributed by atoms with Crippen molar-refractivity contribution >= 4 is 44.6 Å². The summed E-state index contributed by atoms with van der Waals surface area (Å²) in [4.78, 5) is -0.240. The van der Waals surface area contributed by atoms with Crippen LogP contribution < -0.4 is 10.5 Å². The van der Waals surface area contributed by atoms with Crippen molar-refractivity contribution < 1.29 is 12.8 Å². The van der Waals surface area contributed by atoms with Crippen LogP contribution in [-0.4, -0.2) is 8.42 Å². The summed E-state index contributed by atoms with van der Waals surface area (Å²) in [5, 5.41) is 0.503. The van der Waals surface area contributed by atoms with Crippen LogP contribution in [0.15, 0.2) is 41.3 Å². The number of rotatable bonds is 3. The van der Waals surface area contributed by atoms with Gasteiger partial charge in [0.1, 0.15) is 5.82 Å². The van der Waals surface area contributed by atoms with E-state index in [0.717, 1.165) is 6.07 Å². The highest BCUT2D eigenvalue weighted by atomic mass is 35.5. The molecule has 20 heavy (non-hydrogen) atoms. The highest BCUT2D eigenvalue weighted by Gasteiger charge is 2.16. The standard InChI is InChI=1S/C12H9Cl2FN2O2S/c13-9-3-1-7(5-10(9)14)17-20(18,19)8-2-4-12(16)11(15)6-8/h1-6,17H,16H2. The SMILES string of the molecule is Nc1ccc(S(=O)(=O)Nc2ccc(Cl)c(Cl)c2)cc1F. The molecule has 2 aromatic rings. The van der Waals surface area contributed by atoms with Gasteiger partial charge in [0.15, 0.2) is 0 Å². The molecule has 0 aliphatic rings. The van der Waals surface area contributed by atoms with Crippen LogP contribution in [0.3, 0.4) is 0 Å². The topological polar surface area (TPSA) is 72.2 Å². The van der Waals surface area contributed by atoms with Crippen molar-refractivity contribution in [1.29, 1.82) is 0 Å². The minimum absolute atomic E-state index is 0.126. The number of anilines is 2. The Morgan fingerprint density at radius 2 is 1.75 bits per heavy atom. The first-order valence-electron chi connectivity index (χ1n) is 5.32. The molecule has 0 amide bonds. The van der Waals surface area contributed by atoms with Crippen LogP contribution in [0.4, 0.5) is 15.8 Å². The van der Waals surface area contributed by atoms with Crippen molar-refractivity contribution in [1.82, 2.24) is 0 Å². The maximum absolute atomic E-state index is 13.3. The van der Waals surface area contributed by atoms with E-state index in [1.807, 2.05) is 0 Å². The molecule has 0 saturated heterocycles. The summed E-state index contributed by atoms with van der Waals surface area (Å²) >= 11 is 11.5. The molecule has 8 heteroatoms. The molecule has 0 radical (unpaired) electrons. The van der Waals surface area contributed by atoms with Crippen LogP contribution in [0.1, 0.15) is 0 Å². The Morgan fingerprint density at radius 3 is 2.35 bits per heavy atom. The zero-order chi connectivity index (χ0) is 14.9. The lowest BCUT2D eigenvalue weighted by Crippen LogP contribution is -2.13. The number of hydrogen-bond acceptors (Lipinski definition) is 3. The molecule has 0 aromatic heterocycles. The van der Waals surface area contributed by atoms with Crippen LogP contribution in [0.25, 0.3) is 0 Å². The third-order valence-corrected chi connectivity index (χ3v) is 4.57. The van der Waals surface area contributed by atoms with E-state index in [2.05, 4.69) is 4.72 Å². The first-order valence-corrected chi connectivity index (χ1v) is 7.56. The van der Waals surface area contributed by atoms with Gasteiger partial charge in [-0.2, -0.15) is 0 Å². The first kappa shape index (κ1) is 14.9. The van der Waals surface area contributed by atoms with Crippen LogP contribution in [0.2, 0.25) is 10.0 Å². The predicted octanol–water partition coefficient (Wildman–Crippen LogP) is 3.52. The molecule has 0 aliphatic heterocycles. The molecule has 0 bridgehead atoms. The molecule has 2 aromatic carbocycles. The minimum Gasteiger partial charge on any atom is -0.396 e. The van der Waals surface area contributed by atoms with Crippen LogP contribution in [-0.2, 0) is 10.0 Å². The Balaban J connectivity index is 2.35. The monoisotopic (exact) mass is 334 g/mol. The summed E-state index contributed by atoms with van der Waals surface area (Å²) < 4.78 is 39.7. The fourth-order valence-corrected chi connectivity index (χ4v) is 2.81. The largest absolute Gasteiger partial charge is 0.396 e. The third-order valence-electron chi connectivity index (χ3n) is 2.45. The van der Waals surface area contributed by atoms with Crippen molar-refractivity contribution in [2.75, 3.05) is 10.5 Å². The van der Waals surface area contributed by atoms with Gasteiger partial charge in [-0.3, -0.25) is 4.72 Å². The second-order valence-corrected chi connectivity index (χ2v) is 6.41. The van der Waals surface area contributed by atoms with Gasteiger partial charge in [0, 0.05) is 0 Å². The number of sulfonamides is 1. The molecular weight excluding hydrogens is 326 g/mol. The molecule has 0 saturated carbocycles. The molecule has 0 aliphatic carbocycles. The quantitative estimate of drug-likeness (QED) is 0.843. The van der Waals surface area contributed by atoms with E-state index in [1.165, 1.54) is 30.3 Å². The average Bonchev–Trinajstić information content (AvgIpc) is 2.37. The zero-order valence-electron chi connectivity index (χ0n) is 9.90. The number of benzene rings is 2. The molecule has 0 atom stereocenters. The molecule has 2 rings (SSSR count). The molecule has 0 unspecified atom stereocenters. The normalized spacial score (nSPS) is 11.3. The van der Waals surface area contributed by atoms with E-state index in [9.17, 15) is 12.8 Å². The lowest BCUT2D eigenvalue weighted by Gasteiger charge is -2.09. The fourth-order valence-electron chi connectivity index (χ4n) is 1.45. The minimum atomic E-state index is -3.93. The lowest BCUT2D eigenvalue weighted by molar-refractivity contribution is 0.596. The number of nitrogens with two attached hydrogens (primary N) is 1. The van der Waals surface area contributed by atoms with Gasteiger partial charge in [0.2, 0.25) is 0 Å². The second-order valence-electron chi connectivity index (χ2n) is 3.92.